The molecule has 1 fully saturated rings. The summed E-state index contributed by atoms with van der Waals surface area (Å²) >= 11 is 7.78. The van der Waals surface area contributed by atoms with Crippen molar-refractivity contribution in [2.45, 2.75) is 32.1 Å². The van der Waals surface area contributed by atoms with Gasteiger partial charge in [0.05, 0.1) is 5.69 Å². The standard InChI is InChI=1S/C13H17ClN2S/c1-8-7-11(14)5-6-12(8)15-13-16(4)9(2)10(3)17-13/h5-7,9-10H,1-4H3. The first-order valence-electron chi connectivity index (χ1n) is 5.73. The van der Waals surface area contributed by atoms with Crippen LogP contribution in [0.1, 0.15) is 19.4 Å². The second kappa shape index (κ2) is 4.91. The topological polar surface area (TPSA) is 15.6 Å². The van der Waals surface area contributed by atoms with Crippen molar-refractivity contribution >= 4 is 34.2 Å². The van der Waals surface area contributed by atoms with E-state index < -0.39 is 0 Å². The summed E-state index contributed by atoms with van der Waals surface area (Å²) in [5.74, 6) is 0. The zero-order valence-electron chi connectivity index (χ0n) is 10.6. The molecule has 2 unspecified atom stereocenters. The maximum atomic E-state index is 5.94. The number of rotatable bonds is 1. The van der Waals surface area contributed by atoms with Crippen LogP contribution in [0, 0.1) is 6.92 Å². The van der Waals surface area contributed by atoms with Gasteiger partial charge in [0.2, 0.25) is 0 Å². The molecular weight excluding hydrogens is 252 g/mol. The summed E-state index contributed by atoms with van der Waals surface area (Å²) in [6.45, 7) is 6.51. The van der Waals surface area contributed by atoms with Gasteiger partial charge in [0.15, 0.2) is 5.17 Å². The molecule has 0 spiro atoms. The molecule has 0 amide bonds. The first-order chi connectivity index (χ1) is 7.99. The number of aryl methyl sites for hydroxylation is 1. The van der Waals surface area contributed by atoms with Crippen LogP contribution in [0.3, 0.4) is 0 Å². The van der Waals surface area contributed by atoms with E-state index in [0.717, 1.165) is 21.4 Å². The minimum Gasteiger partial charge on any atom is -0.350 e. The fourth-order valence-electron chi connectivity index (χ4n) is 1.79. The number of benzene rings is 1. The van der Waals surface area contributed by atoms with Crippen molar-refractivity contribution in [2.24, 2.45) is 4.99 Å². The molecule has 17 heavy (non-hydrogen) atoms. The first-order valence-corrected chi connectivity index (χ1v) is 6.99. The van der Waals surface area contributed by atoms with E-state index in [9.17, 15) is 0 Å². The molecule has 92 valence electrons. The van der Waals surface area contributed by atoms with E-state index in [-0.39, 0.29) is 0 Å². The highest BCUT2D eigenvalue weighted by molar-refractivity contribution is 8.14. The number of halogens is 1. The average molecular weight is 269 g/mol. The molecule has 0 bridgehead atoms. The Balaban J connectivity index is 2.31. The van der Waals surface area contributed by atoms with Gasteiger partial charge >= 0.3 is 0 Å². The number of hydrogen-bond donors (Lipinski definition) is 0. The Kier molecular flexibility index (Phi) is 3.69. The second-order valence-corrected chi connectivity index (χ2v) is 6.28. The quantitative estimate of drug-likeness (QED) is 0.762. The summed E-state index contributed by atoms with van der Waals surface area (Å²) in [6.07, 6.45) is 0. The third-order valence-electron chi connectivity index (χ3n) is 3.26. The lowest BCUT2D eigenvalue weighted by Crippen LogP contribution is -2.29. The number of aliphatic imine (C=N–C) groups is 1. The van der Waals surface area contributed by atoms with Crippen LogP contribution in [0.2, 0.25) is 5.02 Å². The Labute approximate surface area is 112 Å². The highest BCUT2D eigenvalue weighted by Gasteiger charge is 2.30. The van der Waals surface area contributed by atoms with E-state index >= 15 is 0 Å². The SMILES string of the molecule is Cc1cc(Cl)ccc1N=C1SC(C)C(C)N1C. The summed E-state index contributed by atoms with van der Waals surface area (Å²) < 4.78 is 0. The van der Waals surface area contributed by atoms with E-state index in [4.69, 9.17) is 16.6 Å². The number of thioether (sulfide) groups is 1. The van der Waals surface area contributed by atoms with Crippen LogP contribution < -0.4 is 0 Å². The smallest absolute Gasteiger partial charge is 0.164 e. The summed E-state index contributed by atoms with van der Waals surface area (Å²) in [5, 5.41) is 2.45. The Bertz CT molecular complexity index is 459. The lowest BCUT2D eigenvalue weighted by atomic mass is 10.2. The van der Waals surface area contributed by atoms with Crippen molar-refractivity contribution in [3.63, 3.8) is 0 Å². The number of nitrogens with zero attached hydrogens (tertiary/aromatic N) is 2. The molecule has 1 heterocycles. The molecule has 1 aliphatic heterocycles. The zero-order valence-corrected chi connectivity index (χ0v) is 12.1. The van der Waals surface area contributed by atoms with Gasteiger partial charge in [-0.3, -0.25) is 0 Å². The van der Waals surface area contributed by atoms with Gasteiger partial charge in [0.1, 0.15) is 0 Å². The second-order valence-electron chi connectivity index (χ2n) is 4.50. The number of amidine groups is 1. The summed E-state index contributed by atoms with van der Waals surface area (Å²) in [7, 11) is 2.10. The molecule has 1 aliphatic rings. The average Bonchev–Trinajstić information content (AvgIpc) is 2.50. The predicted octanol–water partition coefficient (Wildman–Crippen LogP) is 4.09. The van der Waals surface area contributed by atoms with Gasteiger partial charge in [0, 0.05) is 23.4 Å². The largest absolute Gasteiger partial charge is 0.350 e. The molecule has 1 saturated heterocycles. The fraction of sp³-hybridized carbons (Fsp3) is 0.462. The maximum absolute atomic E-state index is 5.94. The minimum absolute atomic E-state index is 0.534. The van der Waals surface area contributed by atoms with Gasteiger partial charge in [-0.15, -0.1) is 0 Å². The zero-order chi connectivity index (χ0) is 12.6. The van der Waals surface area contributed by atoms with Crippen LogP contribution in [0.15, 0.2) is 23.2 Å². The van der Waals surface area contributed by atoms with Gasteiger partial charge in [-0.2, -0.15) is 0 Å². The summed E-state index contributed by atoms with van der Waals surface area (Å²) in [5.41, 5.74) is 2.12. The molecule has 2 atom stereocenters. The number of hydrogen-bond acceptors (Lipinski definition) is 2. The third kappa shape index (κ3) is 2.61. The molecule has 0 aliphatic carbocycles. The van der Waals surface area contributed by atoms with Crippen LogP contribution >= 0.6 is 23.4 Å². The summed E-state index contributed by atoms with van der Waals surface area (Å²) in [6, 6.07) is 6.35. The molecule has 2 nitrogen and oxygen atoms in total. The molecule has 4 heteroatoms. The van der Waals surface area contributed by atoms with E-state index in [1.165, 1.54) is 0 Å². The Morgan fingerprint density at radius 3 is 2.59 bits per heavy atom. The van der Waals surface area contributed by atoms with Gasteiger partial charge in [-0.25, -0.2) is 4.99 Å². The molecular formula is C13H17ClN2S. The van der Waals surface area contributed by atoms with Crippen LogP contribution in [-0.4, -0.2) is 28.4 Å². The predicted molar refractivity (Wildman–Crippen MR) is 77.6 cm³/mol. The molecule has 1 aromatic rings. The van der Waals surface area contributed by atoms with Crippen LogP contribution in [0.4, 0.5) is 5.69 Å². The lowest BCUT2D eigenvalue weighted by molar-refractivity contribution is 0.409. The van der Waals surface area contributed by atoms with E-state index in [0.29, 0.717) is 11.3 Å². The highest BCUT2D eigenvalue weighted by Crippen LogP contribution is 2.32. The maximum Gasteiger partial charge on any atom is 0.164 e. The van der Waals surface area contributed by atoms with Crippen LogP contribution in [0.5, 0.6) is 0 Å². The van der Waals surface area contributed by atoms with Gasteiger partial charge in [-0.05, 0) is 37.6 Å². The Morgan fingerprint density at radius 2 is 2.06 bits per heavy atom. The minimum atomic E-state index is 0.534. The van der Waals surface area contributed by atoms with Crippen molar-refractivity contribution < 1.29 is 0 Å². The van der Waals surface area contributed by atoms with Crippen molar-refractivity contribution in [3.8, 4) is 0 Å². The van der Waals surface area contributed by atoms with Crippen LogP contribution in [-0.2, 0) is 0 Å². The molecule has 0 aromatic heterocycles. The Hall–Kier alpha value is -0.670. The van der Waals surface area contributed by atoms with E-state index in [1.807, 2.05) is 36.9 Å². The lowest BCUT2D eigenvalue weighted by Gasteiger charge is -2.18. The van der Waals surface area contributed by atoms with Gasteiger partial charge in [0.25, 0.3) is 0 Å². The monoisotopic (exact) mass is 268 g/mol. The molecule has 0 saturated carbocycles. The molecule has 0 N–H and O–H groups in total. The van der Waals surface area contributed by atoms with E-state index in [1.54, 1.807) is 0 Å². The van der Waals surface area contributed by atoms with Crippen molar-refractivity contribution in [3.05, 3.63) is 28.8 Å². The van der Waals surface area contributed by atoms with Crippen LogP contribution in [0.25, 0.3) is 0 Å². The normalized spacial score (nSPS) is 26.9. The Morgan fingerprint density at radius 1 is 1.35 bits per heavy atom. The fourth-order valence-corrected chi connectivity index (χ4v) is 3.21. The molecule has 2 rings (SSSR count). The third-order valence-corrected chi connectivity index (χ3v) is 4.85. The first kappa shape index (κ1) is 12.8. The molecule has 0 radical (unpaired) electrons. The van der Waals surface area contributed by atoms with Gasteiger partial charge < -0.3 is 4.90 Å². The molecule has 1 aromatic carbocycles. The van der Waals surface area contributed by atoms with Gasteiger partial charge in [-0.1, -0.05) is 30.3 Å². The van der Waals surface area contributed by atoms with Crippen molar-refractivity contribution in [1.29, 1.82) is 0 Å². The van der Waals surface area contributed by atoms with Crippen molar-refractivity contribution in [2.75, 3.05) is 7.05 Å². The van der Waals surface area contributed by atoms with Crippen molar-refractivity contribution in [1.82, 2.24) is 4.90 Å². The highest BCUT2D eigenvalue weighted by atomic mass is 35.5. The van der Waals surface area contributed by atoms with E-state index in [2.05, 4.69) is 25.8 Å². The summed E-state index contributed by atoms with van der Waals surface area (Å²) in [4.78, 5) is 6.97.